The van der Waals surface area contributed by atoms with Crippen molar-refractivity contribution >= 4 is 23.5 Å². The smallest absolute Gasteiger partial charge is 0.344 e. The molecule has 92 valence electrons. The molecule has 0 saturated heterocycles. The van der Waals surface area contributed by atoms with Crippen LogP contribution < -0.4 is 10.5 Å². The number of benzene rings is 1. The summed E-state index contributed by atoms with van der Waals surface area (Å²) in [5.74, 6) is -0.880. The van der Waals surface area contributed by atoms with Crippen LogP contribution in [0, 0.1) is 0 Å². The van der Waals surface area contributed by atoms with Crippen LogP contribution in [-0.2, 0) is 14.3 Å². The molecule has 1 rings (SSSR count). The minimum atomic E-state index is -0.962. The van der Waals surface area contributed by atoms with E-state index in [-0.39, 0.29) is 6.61 Å². The normalized spacial score (nSPS) is 11.6. The SMILES string of the molecule is C[C@H](OC(=O)COc1ccc(Cl)cc1)C(N)=O. The summed E-state index contributed by atoms with van der Waals surface area (Å²) in [5.41, 5.74) is 4.94. The lowest BCUT2D eigenvalue weighted by Gasteiger charge is -2.10. The van der Waals surface area contributed by atoms with Gasteiger partial charge in [0.25, 0.3) is 5.91 Å². The minimum absolute atomic E-state index is 0.292. The molecule has 1 atom stereocenters. The Labute approximate surface area is 103 Å². The number of ether oxygens (including phenoxy) is 2. The van der Waals surface area contributed by atoms with E-state index in [1.54, 1.807) is 24.3 Å². The molecule has 1 amide bonds. The molecule has 0 aliphatic rings. The molecule has 6 heteroatoms. The predicted molar refractivity (Wildman–Crippen MR) is 61.7 cm³/mol. The Balaban J connectivity index is 2.38. The first-order valence-electron chi connectivity index (χ1n) is 4.86. The Morgan fingerprint density at radius 1 is 1.35 bits per heavy atom. The van der Waals surface area contributed by atoms with Crippen molar-refractivity contribution in [2.45, 2.75) is 13.0 Å². The van der Waals surface area contributed by atoms with E-state index in [0.29, 0.717) is 10.8 Å². The highest BCUT2D eigenvalue weighted by Gasteiger charge is 2.14. The first kappa shape index (κ1) is 13.3. The van der Waals surface area contributed by atoms with Crippen molar-refractivity contribution in [2.75, 3.05) is 6.61 Å². The fourth-order valence-corrected chi connectivity index (χ4v) is 1.09. The van der Waals surface area contributed by atoms with Gasteiger partial charge in [0.2, 0.25) is 0 Å². The Hall–Kier alpha value is -1.75. The van der Waals surface area contributed by atoms with Gasteiger partial charge in [-0.1, -0.05) is 11.6 Å². The van der Waals surface area contributed by atoms with Crippen molar-refractivity contribution in [1.82, 2.24) is 0 Å². The first-order valence-corrected chi connectivity index (χ1v) is 5.24. The van der Waals surface area contributed by atoms with Gasteiger partial charge in [-0.3, -0.25) is 4.79 Å². The van der Waals surface area contributed by atoms with Crippen LogP contribution in [-0.4, -0.2) is 24.6 Å². The van der Waals surface area contributed by atoms with Gasteiger partial charge in [0.05, 0.1) is 0 Å². The Morgan fingerprint density at radius 3 is 2.47 bits per heavy atom. The Kier molecular flexibility index (Phi) is 4.78. The fraction of sp³-hybridized carbons (Fsp3) is 0.273. The first-order chi connectivity index (χ1) is 7.99. The topological polar surface area (TPSA) is 78.6 Å². The molecule has 0 aromatic heterocycles. The number of amides is 1. The second kappa shape index (κ2) is 6.10. The van der Waals surface area contributed by atoms with Crippen molar-refractivity contribution in [3.05, 3.63) is 29.3 Å². The summed E-state index contributed by atoms with van der Waals surface area (Å²) in [6.45, 7) is 1.10. The highest BCUT2D eigenvalue weighted by molar-refractivity contribution is 6.30. The maximum absolute atomic E-state index is 11.2. The second-order valence-electron chi connectivity index (χ2n) is 3.28. The zero-order chi connectivity index (χ0) is 12.8. The predicted octanol–water partition coefficient (Wildman–Crippen LogP) is 1.14. The summed E-state index contributed by atoms with van der Waals surface area (Å²) in [5, 5.41) is 0.572. The second-order valence-corrected chi connectivity index (χ2v) is 3.71. The van der Waals surface area contributed by atoms with E-state index in [0.717, 1.165) is 0 Å². The number of carbonyl (C=O) groups is 2. The molecule has 17 heavy (non-hydrogen) atoms. The highest BCUT2D eigenvalue weighted by atomic mass is 35.5. The quantitative estimate of drug-likeness (QED) is 0.802. The van der Waals surface area contributed by atoms with E-state index < -0.39 is 18.0 Å². The number of esters is 1. The van der Waals surface area contributed by atoms with Crippen LogP contribution in [0.4, 0.5) is 0 Å². The molecule has 0 fully saturated rings. The third-order valence-electron chi connectivity index (χ3n) is 1.88. The summed E-state index contributed by atoms with van der Waals surface area (Å²) < 4.78 is 9.81. The number of primary amides is 1. The van der Waals surface area contributed by atoms with Gasteiger partial charge in [-0.15, -0.1) is 0 Å². The van der Waals surface area contributed by atoms with Gasteiger partial charge in [-0.25, -0.2) is 4.79 Å². The lowest BCUT2D eigenvalue weighted by molar-refractivity contribution is -0.155. The monoisotopic (exact) mass is 257 g/mol. The van der Waals surface area contributed by atoms with Gasteiger partial charge >= 0.3 is 5.97 Å². The molecule has 0 bridgehead atoms. The molecule has 0 unspecified atom stereocenters. The lowest BCUT2D eigenvalue weighted by atomic mass is 10.3. The molecule has 5 nitrogen and oxygen atoms in total. The number of nitrogens with two attached hydrogens (primary N) is 1. The summed E-state index contributed by atoms with van der Waals surface area (Å²) in [6.07, 6.45) is -0.962. The van der Waals surface area contributed by atoms with Crippen LogP contribution in [0.25, 0.3) is 0 Å². The highest BCUT2D eigenvalue weighted by Crippen LogP contribution is 2.15. The molecule has 1 aromatic carbocycles. The number of hydrogen-bond acceptors (Lipinski definition) is 4. The van der Waals surface area contributed by atoms with E-state index in [9.17, 15) is 9.59 Å². The molecule has 0 spiro atoms. The van der Waals surface area contributed by atoms with Crippen molar-refractivity contribution < 1.29 is 19.1 Å². The number of halogens is 1. The van der Waals surface area contributed by atoms with Crippen LogP contribution in [0.1, 0.15) is 6.92 Å². The lowest BCUT2D eigenvalue weighted by Crippen LogP contribution is -2.32. The average molecular weight is 258 g/mol. The van der Waals surface area contributed by atoms with E-state index in [1.807, 2.05) is 0 Å². The number of rotatable bonds is 5. The number of carbonyl (C=O) groups excluding carboxylic acids is 2. The van der Waals surface area contributed by atoms with Gasteiger partial charge in [0.1, 0.15) is 5.75 Å². The number of hydrogen-bond donors (Lipinski definition) is 1. The summed E-state index contributed by atoms with van der Waals surface area (Å²) in [7, 11) is 0. The van der Waals surface area contributed by atoms with Gasteiger partial charge in [-0.05, 0) is 31.2 Å². The molecule has 0 saturated carbocycles. The third-order valence-corrected chi connectivity index (χ3v) is 2.13. The molecule has 0 aliphatic heterocycles. The van der Waals surface area contributed by atoms with E-state index in [4.69, 9.17) is 26.8 Å². The zero-order valence-corrected chi connectivity index (χ0v) is 9.94. The fourth-order valence-electron chi connectivity index (χ4n) is 0.962. The Morgan fingerprint density at radius 2 is 1.94 bits per heavy atom. The summed E-state index contributed by atoms with van der Waals surface area (Å²) >= 11 is 5.68. The van der Waals surface area contributed by atoms with Gasteiger partial charge in [0.15, 0.2) is 12.7 Å². The summed E-state index contributed by atoms with van der Waals surface area (Å²) in [4.78, 5) is 21.9. The third kappa shape index (κ3) is 4.74. The molecular formula is C11H12ClNO4. The molecule has 0 radical (unpaired) electrons. The van der Waals surface area contributed by atoms with Crippen LogP contribution in [0.5, 0.6) is 5.75 Å². The van der Waals surface area contributed by atoms with Crippen molar-refractivity contribution in [3.8, 4) is 5.75 Å². The zero-order valence-electron chi connectivity index (χ0n) is 9.18. The van der Waals surface area contributed by atoms with Crippen molar-refractivity contribution in [1.29, 1.82) is 0 Å². The molecule has 0 heterocycles. The Bertz CT molecular complexity index is 404. The van der Waals surface area contributed by atoms with Gasteiger partial charge < -0.3 is 15.2 Å². The van der Waals surface area contributed by atoms with Gasteiger partial charge in [0, 0.05) is 5.02 Å². The van der Waals surface area contributed by atoms with E-state index >= 15 is 0 Å². The van der Waals surface area contributed by atoms with Crippen molar-refractivity contribution in [3.63, 3.8) is 0 Å². The minimum Gasteiger partial charge on any atom is -0.482 e. The van der Waals surface area contributed by atoms with Crippen LogP contribution in [0.15, 0.2) is 24.3 Å². The molecule has 1 aromatic rings. The average Bonchev–Trinajstić information content (AvgIpc) is 2.28. The standard InChI is InChI=1S/C11H12ClNO4/c1-7(11(13)15)17-10(14)6-16-9-4-2-8(12)3-5-9/h2-5,7H,6H2,1H3,(H2,13,15)/t7-/m0/s1. The van der Waals surface area contributed by atoms with Crippen LogP contribution >= 0.6 is 11.6 Å². The van der Waals surface area contributed by atoms with E-state index in [1.165, 1.54) is 6.92 Å². The maximum atomic E-state index is 11.2. The molecular weight excluding hydrogens is 246 g/mol. The largest absolute Gasteiger partial charge is 0.482 e. The molecule has 2 N–H and O–H groups in total. The van der Waals surface area contributed by atoms with Crippen LogP contribution in [0.3, 0.4) is 0 Å². The van der Waals surface area contributed by atoms with E-state index in [2.05, 4.69) is 0 Å². The molecule has 0 aliphatic carbocycles. The van der Waals surface area contributed by atoms with Crippen LogP contribution in [0.2, 0.25) is 5.02 Å². The summed E-state index contributed by atoms with van der Waals surface area (Å²) in [6, 6.07) is 6.50. The maximum Gasteiger partial charge on any atom is 0.344 e. The van der Waals surface area contributed by atoms with Crippen molar-refractivity contribution in [2.24, 2.45) is 5.73 Å². The van der Waals surface area contributed by atoms with Gasteiger partial charge in [-0.2, -0.15) is 0 Å².